The van der Waals surface area contributed by atoms with Gasteiger partial charge in [0.05, 0.1) is 10.9 Å². The molecule has 0 atom stereocenters. The molecule has 2 aromatic carbocycles. The predicted octanol–water partition coefficient (Wildman–Crippen LogP) is 2.69. The number of hydroxylamine groups is 1. The minimum Gasteiger partial charge on any atom is -0.293 e. The molecule has 6 heteroatoms. The highest BCUT2D eigenvalue weighted by Crippen LogP contribution is 2.15. The predicted molar refractivity (Wildman–Crippen MR) is 94.9 cm³/mol. The van der Waals surface area contributed by atoms with Crippen LogP contribution in [0.25, 0.3) is 10.9 Å². The fraction of sp³-hybridized carbons (Fsp3) is 0.211. The van der Waals surface area contributed by atoms with E-state index in [0.717, 1.165) is 5.56 Å². The Labute approximate surface area is 144 Å². The van der Waals surface area contributed by atoms with E-state index in [1.54, 1.807) is 40.4 Å². The van der Waals surface area contributed by atoms with Crippen molar-refractivity contribution in [1.29, 1.82) is 0 Å². The molecule has 0 fully saturated rings. The molecular weight excluding hydrogens is 318 g/mol. The molecule has 128 valence electrons. The fourth-order valence-corrected chi connectivity index (χ4v) is 2.87. The van der Waals surface area contributed by atoms with Gasteiger partial charge in [0.1, 0.15) is 5.82 Å². The second kappa shape index (κ2) is 6.86. The summed E-state index contributed by atoms with van der Waals surface area (Å²) in [5.41, 5.74) is 3.52. The lowest BCUT2D eigenvalue weighted by Crippen LogP contribution is -2.27. The maximum Gasteiger partial charge on any atom is 0.274 e. The van der Waals surface area contributed by atoms with Crippen LogP contribution in [0.3, 0.4) is 0 Å². The minimum atomic E-state index is -0.561. The van der Waals surface area contributed by atoms with E-state index in [4.69, 9.17) is 5.21 Å². The van der Waals surface area contributed by atoms with Gasteiger partial charge in [0, 0.05) is 18.0 Å². The Kier molecular flexibility index (Phi) is 4.63. The summed E-state index contributed by atoms with van der Waals surface area (Å²) < 4.78 is 1.71. The number of nitrogens with one attached hydrogen (secondary N) is 1. The molecule has 0 aliphatic rings. The largest absolute Gasteiger partial charge is 0.293 e. The molecule has 3 rings (SSSR count). The Bertz CT molecular complexity index is 975. The maximum absolute atomic E-state index is 12.8. The molecule has 0 bridgehead atoms. The number of fused-ring (bicyclic) bond motifs is 1. The lowest BCUT2D eigenvalue weighted by Gasteiger charge is -2.16. The molecule has 1 amide bonds. The molecule has 0 spiro atoms. The number of aromatic nitrogens is 2. The van der Waals surface area contributed by atoms with Crippen LogP contribution < -0.4 is 11.0 Å². The van der Waals surface area contributed by atoms with Crippen molar-refractivity contribution < 1.29 is 10.0 Å². The summed E-state index contributed by atoms with van der Waals surface area (Å²) in [6.45, 7) is 3.91. The van der Waals surface area contributed by atoms with Crippen LogP contribution in [-0.2, 0) is 6.42 Å². The minimum absolute atomic E-state index is 0.0148. The van der Waals surface area contributed by atoms with Crippen LogP contribution in [-0.4, -0.2) is 20.7 Å². The molecule has 0 radical (unpaired) electrons. The van der Waals surface area contributed by atoms with Gasteiger partial charge in [-0.2, -0.15) is 0 Å². The Hall–Kier alpha value is -2.99. The topological polar surface area (TPSA) is 84.2 Å². The molecule has 0 saturated heterocycles. The normalized spacial score (nSPS) is 11.0. The van der Waals surface area contributed by atoms with E-state index < -0.39 is 5.91 Å². The number of carbonyl (C=O) groups excluding carboxylic acids is 1. The Morgan fingerprint density at radius 2 is 1.84 bits per heavy atom. The van der Waals surface area contributed by atoms with E-state index in [0.29, 0.717) is 28.7 Å². The van der Waals surface area contributed by atoms with Crippen LogP contribution in [0.2, 0.25) is 0 Å². The molecule has 1 heterocycles. The van der Waals surface area contributed by atoms with Crippen LogP contribution >= 0.6 is 0 Å². The van der Waals surface area contributed by atoms with Gasteiger partial charge in [-0.25, -0.2) is 10.5 Å². The third kappa shape index (κ3) is 3.29. The summed E-state index contributed by atoms with van der Waals surface area (Å²) in [5, 5.41) is 9.28. The highest BCUT2D eigenvalue weighted by Gasteiger charge is 2.14. The van der Waals surface area contributed by atoms with E-state index in [1.807, 2.05) is 32.0 Å². The van der Waals surface area contributed by atoms with Crippen LogP contribution in [0, 0.1) is 0 Å². The summed E-state index contributed by atoms with van der Waals surface area (Å²) in [7, 11) is 0. The first kappa shape index (κ1) is 16.9. The molecule has 0 saturated carbocycles. The van der Waals surface area contributed by atoms with Crippen molar-refractivity contribution in [3.8, 4) is 0 Å². The van der Waals surface area contributed by atoms with Crippen LogP contribution in [0.15, 0.2) is 53.3 Å². The first-order chi connectivity index (χ1) is 12.0. The van der Waals surface area contributed by atoms with Crippen molar-refractivity contribution in [1.82, 2.24) is 15.0 Å². The van der Waals surface area contributed by atoms with Crippen LogP contribution in [0.4, 0.5) is 0 Å². The Morgan fingerprint density at radius 1 is 1.16 bits per heavy atom. The molecule has 0 aliphatic carbocycles. The Morgan fingerprint density at radius 3 is 2.48 bits per heavy atom. The quantitative estimate of drug-likeness (QED) is 0.566. The average molecular weight is 337 g/mol. The zero-order valence-corrected chi connectivity index (χ0v) is 14.1. The van der Waals surface area contributed by atoms with Crippen LogP contribution in [0.5, 0.6) is 0 Å². The van der Waals surface area contributed by atoms with E-state index in [2.05, 4.69) is 4.98 Å². The van der Waals surface area contributed by atoms with Gasteiger partial charge >= 0.3 is 0 Å². The average Bonchev–Trinajstić information content (AvgIpc) is 2.61. The van der Waals surface area contributed by atoms with Crippen molar-refractivity contribution in [3.63, 3.8) is 0 Å². The van der Waals surface area contributed by atoms with Crippen molar-refractivity contribution in [2.75, 3.05) is 0 Å². The smallest absolute Gasteiger partial charge is 0.274 e. The number of carbonyl (C=O) groups is 1. The van der Waals surface area contributed by atoms with Crippen molar-refractivity contribution in [2.24, 2.45) is 0 Å². The number of nitrogens with zero attached hydrogens (tertiary/aromatic N) is 2. The number of rotatable bonds is 4. The van der Waals surface area contributed by atoms with E-state index >= 15 is 0 Å². The molecule has 3 aromatic rings. The lowest BCUT2D eigenvalue weighted by molar-refractivity contribution is 0.0706. The van der Waals surface area contributed by atoms with E-state index in [1.165, 1.54) is 0 Å². The van der Waals surface area contributed by atoms with Gasteiger partial charge in [0.25, 0.3) is 11.5 Å². The number of para-hydroxylation sites is 1. The SMILES string of the molecule is CC(C)n1c(Cc2ccc(C(=O)NO)cc2)nc2ccccc2c1=O. The third-order valence-corrected chi connectivity index (χ3v) is 4.08. The molecule has 2 N–H and O–H groups in total. The first-order valence-electron chi connectivity index (χ1n) is 8.05. The second-order valence-corrected chi connectivity index (χ2v) is 6.13. The molecule has 0 unspecified atom stereocenters. The highest BCUT2D eigenvalue weighted by molar-refractivity contribution is 5.93. The summed E-state index contributed by atoms with van der Waals surface area (Å²) in [6, 6.07) is 14.1. The van der Waals surface area contributed by atoms with E-state index in [9.17, 15) is 9.59 Å². The monoisotopic (exact) mass is 337 g/mol. The van der Waals surface area contributed by atoms with Crippen molar-refractivity contribution >= 4 is 16.8 Å². The van der Waals surface area contributed by atoms with Gasteiger partial charge in [-0.1, -0.05) is 24.3 Å². The van der Waals surface area contributed by atoms with Gasteiger partial charge < -0.3 is 0 Å². The van der Waals surface area contributed by atoms with Gasteiger partial charge in [-0.15, -0.1) is 0 Å². The summed E-state index contributed by atoms with van der Waals surface area (Å²) >= 11 is 0. The first-order valence-corrected chi connectivity index (χ1v) is 8.05. The molecule has 0 aliphatic heterocycles. The molecule has 25 heavy (non-hydrogen) atoms. The fourth-order valence-electron chi connectivity index (χ4n) is 2.87. The second-order valence-electron chi connectivity index (χ2n) is 6.13. The van der Waals surface area contributed by atoms with Crippen molar-refractivity contribution in [2.45, 2.75) is 26.3 Å². The zero-order valence-electron chi connectivity index (χ0n) is 14.1. The van der Waals surface area contributed by atoms with Gasteiger partial charge in [-0.3, -0.25) is 19.4 Å². The summed E-state index contributed by atoms with van der Waals surface area (Å²) in [6.07, 6.45) is 0.472. The van der Waals surface area contributed by atoms with Crippen molar-refractivity contribution in [3.05, 3.63) is 75.8 Å². The summed E-state index contributed by atoms with van der Waals surface area (Å²) in [4.78, 5) is 28.9. The third-order valence-electron chi connectivity index (χ3n) is 4.08. The lowest BCUT2D eigenvalue weighted by atomic mass is 10.1. The van der Waals surface area contributed by atoms with Crippen LogP contribution in [0.1, 0.15) is 41.6 Å². The van der Waals surface area contributed by atoms with Gasteiger partial charge in [0.15, 0.2) is 0 Å². The number of benzene rings is 2. The Balaban J connectivity index is 2.04. The number of hydrogen-bond acceptors (Lipinski definition) is 4. The highest BCUT2D eigenvalue weighted by atomic mass is 16.5. The van der Waals surface area contributed by atoms with Gasteiger partial charge in [0.2, 0.25) is 0 Å². The number of amides is 1. The standard InChI is InChI=1S/C19H19N3O3/c1-12(2)22-17(20-16-6-4-3-5-15(16)19(22)24)11-13-7-9-14(10-8-13)18(23)21-25/h3-10,12,25H,11H2,1-2H3,(H,21,23). The molecule has 1 aromatic heterocycles. The molecular formula is C19H19N3O3. The zero-order chi connectivity index (χ0) is 18.0. The molecule has 6 nitrogen and oxygen atoms in total. The number of hydrogen-bond donors (Lipinski definition) is 2. The summed E-state index contributed by atoms with van der Waals surface area (Å²) in [5.74, 6) is 0.118. The van der Waals surface area contributed by atoms with E-state index in [-0.39, 0.29) is 11.6 Å². The maximum atomic E-state index is 12.8. The van der Waals surface area contributed by atoms with Gasteiger partial charge in [-0.05, 0) is 43.7 Å².